The Morgan fingerprint density at radius 2 is 2.10 bits per heavy atom. The molecule has 1 unspecified atom stereocenters. The minimum atomic E-state index is -2.68. The van der Waals surface area contributed by atoms with Crippen LogP contribution in [0.1, 0.15) is 49.5 Å². The second kappa shape index (κ2) is 6.79. The average Bonchev–Trinajstić information content (AvgIpc) is 3.49. The molecule has 1 aromatic heterocycles. The molecule has 1 saturated carbocycles. The van der Waals surface area contributed by atoms with E-state index in [0.29, 0.717) is 42.9 Å². The maximum atomic E-state index is 13.4. The molecule has 1 aromatic rings. The van der Waals surface area contributed by atoms with E-state index in [1.165, 1.54) is 0 Å². The average molecular weight is 407 g/mol. The monoisotopic (exact) mass is 407 g/mol. The van der Waals surface area contributed by atoms with Crippen LogP contribution in [0.5, 0.6) is 5.88 Å². The first kappa shape index (κ1) is 19.0. The number of rotatable bonds is 6. The predicted octanol–water partition coefficient (Wildman–Crippen LogP) is 3.11. The second-order valence-corrected chi connectivity index (χ2v) is 8.84. The van der Waals surface area contributed by atoms with Crippen molar-refractivity contribution in [2.24, 2.45) is 5.92 Å². The molecule has 0 N–H and O–H groups in total. The quantitative estimate of drug-likeness (QED) is 0.725. The molecule has 2 atom stereocenters. The lowest BCUT2D eigenvalue weighted by Crippen LogP contribution is -2.71. The highest BCUT2D eigenvalue weighted by Gasteiger charge is 2.55. The first-order chi connectivity index (χ1) is 13.9. The minimum absolute atomic E-state index is 0.0957. The van der Waals surface area contributed by atoms with Crippen molar-refractivity contribution < 1.29 is 23.0 Å². The van der Waals surface area contributed by atoms with Crippen molar-refractivity contribution >= 4 is 11.6 Å². The van der Waals surface area contributed by atoms with Crippen molar-refractivity contribution in [2.75, 3.05) is 37.7 Å². The van der Waals surface area contributed by atoms with Gasteiger partial charge in [0.15, 0.2) is 0 Å². The van der Waals surface area contributed by atoms with Crippen molar-refractivity contribution in [2.45, 2.75) is 56.6 Å². The lowest BCUT2D eigenvalue weighted by molar-refractivity contribution is -0.209. The van der Waals surface area contributed by atoms with Gasteiger partial charge in [-0.15, -0.1) is 0 Å². The summed E-state index contributed by atoms with van der Waals surface area (Å²) in [6.45, 7) is 3.17. The number of fused-ring (bicyclic) bond motifs is 1. The molecule has 3 saturated heterocycles. The molecule has 4 aliphatic rings. The maximum absolute atomic E-state index is 13.4. The third kappa shape index (κ3) is 3.25. The normalized spacial score (nSPS) is 30.2. The second-order valence-electron chi connectivity index (χ2n) is 8.84. The molecule has 0 radical (unpaired) electrons. The number of hydrogen-bond donors (Lipinski definition) is 0. The van der Waals surface area contributed by atoms with Gasteiger partial charge in [0.05, 0.1) is 37.9 Å². The standard InChI is InChI=1S/C21H27F2N3O3/c1-2-20-13-29-17(20)4-3-9-26(20)19(27)15-7-8-16(25-11-21(22,23)12-25)18(24-15)28-10-14-5-6-14/h7-8,14,17H,2-6,9-13H2,1H3/t17-,20?/m0/s1. The van der Waals surface area contributed by atoms with Gasteiger partial charge in [-0.05, 0) is 50.2 Å². The smallest absolute Gasteiger partial charge is 0.282 e. The fourth-order valence-electron chi connectivity index (χ4n) is 4.68. The number of likely N-dealkylation sites (tertiary alicyclic amines) is 1. The summed E-state index contributed by atoms with van der Waals surface area (Å²) in [6, 6.07) is 3.35. The summed E-state index contributed by atoms with van der Waals surface area (Å²) in [5.41, 5.74) is 0.610. The van der Waals surface area contributed by atoms with E-state index in [1.807, 2.05) is 4.90 Å². The third-order valence-electron chi connectivity index (χ3n) is 6.77. The number of piperidine rings is 1. The van der Waals surface area contributed by atoms with Crippen LogP contribution in [-0.4, -0.2) is 66.2 Å². The summed E-state index contributed by atoms with van der Waals surface area (Å²) in [5, 5.41) is 0. The van der Waals surface area contributed by atoms with Gasteiger partial charge in [-0.2, -0.15) is 0 Å². The molecule has 6 nitrogen and oxygen atoms in total. The maximum Gasteiger partial charge on any atom is 0.282 e. The Bertz CT molecular complexity index is 804. The summed E-state index contributed by atoms with van der Waals surface area (Å²) in [7, 11) is 0. The van der Waals surface area contributed by atoms with Crippen LogP contribution in [-0.2, 0) is 4.74 Å². The Labute approximate surface area is 169 Å². The van der Waals surface area contributed by atoms with Crippen molar-refractivity contribution in [1.82, 2.24) is 9.88 Å². The lowest BCUT2D eigenvalue weighted by Gasteiger charge is -2.58. The highest BCUT2D eigenvalue weighted by molar-refractivity contribution is 5.93. The predicted molar refractivity (Wildman–Crippen MR) is 103 cm³/mol. The van der Waals surface area contributed by atoms with E-state index >= 15 is 0 Å². The van der Waals surface area contributed by atoms with Crippen LogP contribution in [0.25, 0.3) is 0 Å². The van der Waals surface area contributed by atoms with Crippen LogP contribution in [0, 0.1) is 5.92 Å². The molecule has 158 valence electrons. The Kier molecular flexibility index (Phi) is 4.46. The fraction of sp³-hybridized carbons (Fsp3) is 0.714. The Hall–Kier alpha value is -1.96. The highest BCUT2D eigenvalue weighted by Crippen LogP contribution is 2.43. The van der Waals surface area contributed by atoms with Crippen LogP contribution < -0.4 is 9.64 Å². The molecule has 5 rings (SSSR count). The van der Waals surface area contributed by atoms with E-state index in [-0.39, 0.29) is 30.6 Å². The fourth-order valence-corrected chi connectivity index (χ4v) is 4.68. The van der Waals surface area contributed by atoms with Gasteiger partial charge in [0.1, 0.15) is 11.4 Å². The number of ether oxygens (including phenoxy) is 2. The number of carbonyl (C=O) groups is 1. The number of hydrogen-bond acceptors (Lipinski definition) is 5. The first-order valence-corrected chi connectivity index (χ1v) is 10.6. The number of alkyl halides is 2. The van der Waals surface area contributed by atoms with E-state index in [0.717, 1.165) is 32.1 Å². The Balaban J connectivity index is 1.40. The molecule has 3 aliphatic heterocycles. The van der Waals surface area contributed by atoms with E-state index in [1.54, 1.807) is 17.0 Å². The zero-order valence-corrected chi connectivity index (χ0v) is 16.7. The van der Waals surface area contributed by atoms with Crippen LogP contribution in [0.2, 0.25) is 0 Å². The van der Waals surface area contributed by atoms with Crippen molar-refractivity contribution in [3.05, 3.63) is 17.8 Å². The van der Waals surface area contributed by atoms with E-state index < -0.39 is 5.92 Å². The SMILES string of the molecule is CCC12CO[C@H]1CCCN2C(=O)c1ccc(N2CC(F)(F)C2)c(OCC2CC2)n1. The molecular formula is C21H27F2N3O3. The van der Waals surface area contributed by atoms with Gasteiger partial charge in [-0.25, -0.2) is 13.8 Å². The number of anilines is 1. The number of aromatic nitrogens is 1. The lowest BCUT2D eigenvalue weighted by atomic mass is 9.77. The van der Waals surface area contributed by atoms with Crippen molar-refractivity contribution in [3.8, 4) is 5.88 Å². The van der Waals surface area contributed by atoms with Crippen LogP contribution >= 0.6 is 0 Å². The summed E-state index contributed by atoms with van der Waals surface area (Å²) >= 11 is 0. The molecule has 1 amide bonds. The zero-order chi connectivity index (χ0) is 20.2. The van der Waals surface area contributed by atoms with E-state index in [9.17, 15) is 13.6 Å². The van der Waals surface area contributed by atoms with Gasteiger partial charge in [-0.1, -0.05) is 6.92 Å². The van der Waals surface area contributed by atoms with Gasteiger partial charge in [-0.3, -0.25) is 4.79 Å². The Morgan fingerprint density at radius 1 is 1.31 bits per heavy atom. The zero-order valence-electron chi connectivity index (χ0n) is 16.7. The summed E-state index contributed by atoms with van der Waals surface area (Å²) in [4.78, 5) is 21.3. The van der Waals surface area contributed by atoms with Crippen LogP contribution in [0.15, 0.2) is 12.1 Å². The van der Waals surface area contributed by atoms with E-state index in [2.05, 4.69) is 11.9 Å². The van der Waals surface area contributed by atoms with Crippen LogP contribution in [0.4, 0.5) is 14.5 Å². The van der Waals surface area contributed by atoms with E-state index in [4.69, 9.17) is 9.47 Å². The highest BCUT2D eigenvalue weighted by atomic mass is 19.3. The van der Waals surface area contributed by atoms with Crippen molar-refractivity contribution in [1.29, 1.82) is 0 Å². The largest absolute Gasteiger partial charge is 0.476 e. The number of nitrogens with zero attached hydrogens (tertiary/aromatic N) is 3. The molecular weight excluding hydrogens is 380 g/mol. The van der Waals surface area contributed by atoms with Gasteiger partial charge in [0, 0.05) is 6.54 Å². The number of amides is 1. The molecule has 8 heteroatoms. The summed E-state index contributed by atoms with van der Waals surface area (Å²) in [6.07, 6.45) is 5.05. The molecule has 1 aliphatic carbocycles. The Morgan fingerprint density at radius 3 is 2.72 bits per heavy atom. The topological polar surface area (TPSA) is 54.9 Å². The van der Waals surface area contributed by atoms with Crippen LogP contribution in [0.3, 0.4) is 0 Å². The molecule has 29 heavy (non-hydrogen) atoms. The number of halogens is 2. The minimum Gasteiger partial charge on any atom is -0.476 e. The van der Waals surface area contributed by atoms with Gasteiger partial charge < -0.3 is 19.3 Å². The van der Waals surface area contributed by atoms with Gasteiger partial charge in [0.25, 0.3) is 11.8 Å². The molecule has 0 aromatic carbocycles. The van der Waals surface area contributed by atoms with Gasteiger partial charge >= 0.3 is 0 Å². The van der Waals surface area contributed by atoms with Crippen molar-refractivity contribution in [3.63, 3.8) is 0 Å². The number of pyridine rings is 1. The molecule has 0 spiro atoms. The molecule has 4 fully saturated rings. The third-order valence-corrected chi connectivity index (χ3v) is 6.77. The first-order valence-electron chi connectivity index (χ1n) is 10.6. The summed E-state index contributed by atoms with van der Waals surface area (Å²) < 4.78 is 38.3. The molecule has 4 heterocycles. The summed E-state index contributed by atoms with van der Waals surface area (Å²) in [5.74, 6) is -2.01. The van der Waals surface area contributed by atoms with Gasteiger partial charge in [0.2, 0.25) is 5.88 Å². The number of carbonyl (C=O) groups excluding carboxylic acids is 1. The molecule has 0 bridgehead atoms.